The molecular formula is C26H18N2O2S2. The van der Waals surface area contributed by atoms with Crippen LogP contribution in [-0.2, 0) is 0 Å². The van der Waals surface area contributed by atoms with Crippen molar-refractivity contribution in [1.82, 2.24) is 0 Å². The van der Waals surface area contributed by atoms with E-state index in [1.165, 1.54) is 23.5 Å². The summed E-state index contributed by atoms with van der Waals surface area (Å²) in [6.07, 6.45) is 0. The number of ketones is 2. The highest BCUT2D eigenvalue weighted by atomic mass is 32.2. The molecule has 0 aliphatic heterocycles. The maximum Gasteiger partial charge on any atom is 0.196 e. The van der Waals surface area contributed by atoms with Gasteiger partial charge in [0.25, 0.3) is 0 Å². The molecule has 4 nitrogen and oxygen atoms in total. The quantitative estimate of drug-likeness (QED) is 0.327. The number of benzene rings is 4. The Labute approximate surface area is 194 Å². The highest BCUT2D eigenvalue weighted by molar-refractivity contribution is 8.00. The van der Waals surface area contributed by atoms with Crippen LogP contribution in [0.4, 0.5) is 11.4 Å². The molecule has 4 aromatic rings. The smallest absolute Gasteiger partial charge is 0.196 e. The van der Waals surface area contributed by atoms with Crippen molar-refractivity contribution in [3.8, 4) is 0 Å². The molecule has 4 N–H and O–H groups in total. The first kappa shape index (κ1) is 20.4. The maximum atomic E-state index is 13.8. The molecule has 0 aromatic heterocycles. The SMILES string of the molecule is Nc1ccccc1Sc1cccc2c1C(=O)c1c(Sc3ccccc3N)cccc1C2=O. The lowest BCUT2D eigenvalue weighted by atomic mass is 9.84. The van der Waals surface area contributed by atoms with E-state index in [1.54, 1.807) is 24.3 Å². The fourth-order valence-corrected chi connectivity index (χ4v) is 5.77. The molecule has 0 fully saturated rings. The number of fused-ring (bicyclic) bond motifs is 2. The Bertz CT molecular complexity index is 1300. The molecular weight excluding hydrogens is 436 g/mol. The molecule has 32 heavy (non-hydrogen) atoms. The molecule has 5 rings (SSSR count). The maximum absolute atomic E-state index is 13.8. The minimum absolute atomic E-state index is 0.151. The summed E-state index contributed by atoms with van der Waals surface area (Å²) in [5, 5.41) is 0. The molecule has 1 aliphatic carbocycles. The number of hydrogen-bond donors (Lipinski definition) is 2. The number of carbonyl (C=O) groups excluding carboxylic acids is 2. The summed E-state index contributed by atoms with van der Waals surface area (Å²) in [6.45, 7) is 0. The van der Waals surface area contributed by atoms with E-state index in [0.717, 1.165) is 9.79 Å². The number of rotatable bonds is 4. The Balaban J connectivity index is 1.63. The van der Waals surface area contributed by atoms with E-state index in [9.17, 15) is 9.59 Å². The zero-order chi connectivity index (χ0) is 22.2. The van der Waals surface area contributed by atoms with Crippen molar-refractivity contribution in [2.45, 2.75) is 19.6 Å². The minimum Gasteiger partial charge on any atom is -0.398 e. The molecule has 0 unspecified atom stereocenters. The van der Waals surface area contributed by atoms with Crippen LogP contribution in [0.15, 0.2) is 105 Å². The van der Waals surface area contributed by atoms with Gasteiger partial charge in [-0.15, -0.1) is 0 Å². The van der Waals surface area contributed by atoms with Crippen LogP contribution in [0, 0.1) is 0 Å². The standard InChI is InChI=1S/C26H18N2O2S2/c27-17-9-1-3-11-19(17)31-21-13-5-7-15-23(21)26(30)24-16(25(15)29)8-6-14-22(24)32-20-12-4-2-10-18(20)28/h1-14H,27-28H2. The van der Waals surface area contributed by atoms with Gasteiger partial charge in [0.05, 0.1) is 0 Å². The lowest BCUT2D eigenvalue weighted by Gasteiger charge is -2.22. The minimum atomic E-state index is -0.162. The molecule has 0 radical (unpaired) electrons. The molecule has 0 saturated heterocycles. The second kappa shape index (κ2) is 8.22. The number of nitrogens with two attached hydrogens (primary N) is 2. The molecule has 0 atom stereocenters. The van der Waals surface area contributed by atoms with E-state index in [0.29, 0.717) is 43.4 Å². The Morgan fingerprint density at radius 2 is 0.875 bits per heavy atom. The number of carbonyl (C=O) groups is 2. The van der Waals surface area contributed by atoms with E-state index in [4.69, 9.17) is 11.5 Å². The largest absolute Gasteiger partial charge is 0.398 e. The molecule has 0 bridgehead atoms. The number of nitrogen functional groups attached to an aromatic ring is 2. The second-order valence-electron chi connectivity index (χ2n) is 7.30. The Hall–Kier alpha value is -3.48. The van der Waals surface area contributed by atoms with Crippen LogP contribution >= 0.6 is 23.5 Å². The van der Waals surface area contributed by atoms with E-state index in [-0.39, 0.29) is 11.6 Å². The lowest BCUT2D eigenvalue weighted by molar-refractivity contribution is 0.0974. The van der Waals surface area contributed by atoms with Crippen LogP contribution in [-0.4, -0.2) is 11.6 Å². The molecule has 1 aliphatic rings. The fraction of sp³-hybridized carbons (Fsp3) is 0. The van der Waals surface area contributed by atoms with Crippen LogP contribution in [0.5, 0.6) is 0 Å². The molecule has 6 heteroatoms. The molecule has 0 saturated carbocycles. The first-order valence-electron chi connectivity index (χ1n) is 9.94. The Morgan fingerprint density at radius 1 is 0.469 bits per heavy atom. The second-order valence-corrected chi connectivity index (χ2v) is 9.46. The normalized spacial score (nSPS) is 12.4. The van der Waals surface area contributed by atoms with Crippen molar-refractivity contribution in [2.24, 2.45) is 0 Å². The average Bonchev–Trinajstić information content (AvgIpc) is 2.80. The summed E-state index contributed by atoms with van der Waals surface area (Å²) in [7, 11) is 0. The molecule has 0 heterocycles. The van der Waals surface area contributed by atoms with Crippen LogP contribution in [0.25, 0.3) is 0 Å². The van der Waals surface area contributed by atoms with Crippen molar-refractivity contribution in [3.05, 3.63) is 107 Å². The van der Waals surface area contributed by atoms with Crippen LogP contribution in [0.1, 0.15) is 31.8 Å². The summed E-state index contributed by atoms with van der Waals surface area (Å²) < 4.78 is 0. The summed E-state index contributed by atoms with van der Waals surface area (Å²) in [5.74, 6) is -0.314. The van der Waals surface area contributed by atoms with Gasteiger partial charge in [-0.1, -0.05) is 72.1 Å². The van der Waals surface area contributed by atoms with Gasteiger partial charge in [-0.25, -0.2) is 0 Å². The van der Waals surface area contributed by atoms with Gasteiger partial charge in [0.1, 0.15) is 0 Å². The summed E-state index contributed by atoms with van der Waals surface area (Å²) in [5.41, 5.74) is 15.2. The van der Waals surface area contributed by atoms with E-state index >= 15 is 0 Å². The van der Waals surface area contributed by atoms with Gasteiger partial charge in [-0.3, -0.25) is 9.59 Å². The average molecular weight is 455 g/mol. The molecule has 0 amide bonds. The van der Waals surface area contributed by atoms with Gasteiger partial charge in [0, 0.05) is 53.2 Å². The number of para-hydroxylation sites is 2. The summed E-state index contributed by atoms with van der Waals surface area (Å²) in [4.78, 5) is 30.3. The van der Waals surface area contributed by atoms with Gasteiger partial charge in [-0.05, 0) is 36.4 Å². The third-order valence-corrected chi connectivity index (χ3v) is 7.58. The zero-order valence-corrected chi connectivity index (χ0v) is 18.5. The van der Waals surface area contributed by atoms with Crippen molar-refractivity contribution in [2.75, 3.05) is 11.5 Å². The van der Waals surface area contributed by atoms with Crippen LogP contribution < -0.4 is 11.5 Å². The lowest BCUT2D eigenvalue weighted by Crippen LogP contribution is -2.22. The van der Waals surface area contributed by atoms with Gasteiger partial charge in [0.2, 0.25) is 0 Å². The van der Waals surface area contributed by atoms with E-state index in [2.05, 4.69) is 0 Å². The summed E-state index contributed by atoms with van der Waals surface area (Å²) in [6, 6.07) is 25.7. The van der Waals surface area contributed by atoms with Gasteiger partial charge < -0.3 is 11.5 Å². The Morgan fingerprint density at radius 3 is 1.31 bits per heavy atom. The third-order valence-electron chi connectivity index (χ3n) is 5.27. The highest BCUT2D eigenvalue weighted by Gasteiger charge is 2.34. The predicted molar refractivity (Wildman–Crippen MR) is 130 cm³/mol. The highest BCUT2D eigenvalue weighted by Crippen LogP contribution is 2.42. The first-order chi connectivity index (χ1) is 15.5. The van der Waals surface area contributed by atoms with E-state index in [1.807, 2.05) is 60.7 Å². The third kappa shape index (κ3) is 3.47. The van der Waals surface area contributed by atoms with Crippen LogP contribution in [0.2, 0.25) is 0 Å². The predicted octanol–water partition coefficient (Wildman–Crippen LogP) is 5.93. The Kier molecular flexibility index (Phi) is 5.25. The summed E-state index contributed by atoms with van der Waals surface area (Å²) >= 11 is 2.79. The molecule has 0 spiro atoms. The van der Waals surface area contributed by atoms with Gasteiger partial charge in [0.15, 0.2) is 11.6 Å². The van der Waals surface area contributed by atoms with Crippen LogP contribution in [0.3, 0.4) is 0 Å². The van der Waals surface area contributed by atoms with Crippen molar-refractivity contribution in [3.63, 3.8) is 0 Å². The van der Waals surface area contributed by atoms with Gasteiger partial charge >= 0.3 is 0 Å². The first-order valence-corrected chi connectivity index (χ1v) is 11.6. The molecule has 156 valence electrons. The van der Waals surface area contributed by atoms with Crippen molar-refractivity contribution >= 4 is 46.5 Å². The molecule has 4 aromatic carbocycles. The topological polar surface area (TPSA) is 86.2 Å². The zero-order valence-electron chi connectivity index (χ0n) is 16.9. The number of hydrogen-bond acceptors (Lipinski definition) is 6. The fourth-order valence-electron chi connectivity index (χ4n) is 3.73. The monoisotopic (exact) mass is 454 g/mol. The number of anilines is 2. The van der Waals surface area contributed by atoms with Crippen molar-refractivity contribution in [1.29, 1.82) is 0 Å². The van der Waals surface area contributed by atoms with Gasteiger partial charge in [-0.2, -0.15) is 0 Å². The van der Waals surface area contributed by atoms with Crippen molar-refractivity contribution < 1.29 is 9.59 Å². The van der Waals surface area contributed by atoms with E-state index < -0.39 is 0 Å².